The smallest absolute Gasteiger partial charge is 0.252 e. The lowest BCUT2D eigenvalue weighted by molar-refractivity contribution is 0.0844. The first-order valence-electron chi connectivity index (χ1n) is 10.9. The number of fused-ring (bicyclic) bond motifs is 2. The molecular formula is C24H24N4O6. The van der Waals surface area contributed by atoms with Crippen molar-refractivity contribution in [3.63, 3.8) is 0 Å². The standard InChI is InChI=1S/C24H24N4O6/c1-14(2)28-23-18(11-26-28)17(9-19(27-23)20-4-3-7-31-20)24(30)25-10-15(29)12-32-16-5-6-21-22(8-16)34-13-33-21/h3-9,11,14-15,29H,10,12-13H2,1-2H3,(H,25,30). The van der Waals surface area contributed by atoms with Gasteiger partial charge in [-0.25, -0.2) is 9.67 Å². The molecule has 2 N–H and O–H groups in total. The van der Waals surface area contributed by atoms with Gasteiger partial charge in [-0.1, -0.05) is 0 Å². The molecule has 0 spiro atoms. The predicted octanol–water partition coefficient (Wildman–Crippen LogP) is 3.17. The summed E-state index contributed by atoms with van der Waals surface area (Å²) in [6.07, 6.45) is 2.26. The third-order valence-corrected chi connectivity index (χ3v) is 5.36. The molecule has 4 heterocycles. The number of benzene rings is 1. The molecule has 176 valence electrons. The summed E-state index contributed by atoms with van der Waals surface area (Å²) in [5, 5.41) is 18.1. The number of hydrogen-bond donors (Lipinski definition) is 2. The van der Waals surface area contributed by atoms with Crippen LogP contribution in [0.5, 0.6) is 17.2 Å². The Hall–Kier alpha value is -4.05. The molecule has 1 unspecified atom stereocenters. The molecule has 0 fully saturated rings. The lowest BCUT2D eigenvalue weighted by Crippen LogP contribution is -2.35. The molecule has 1 amide bonds. The van der Waals surface area contributed by atoms with Gasteiger partial charge < -0.3 is 29.1 Å². The molecule has 1 atom stereocenters. The third-order valence-electron chi connectivity index (χ3n) is 5.36. The molecule has 0 bridgehead atoms. The second-order valence-electron chi connectivity index (χ2n) is 8.14. The van der Waals surface area contributed by atoms with Crippen molar-refractivity contribution in [1.82, 2.24) is 20.1 Å². The number of aliphatic hydroxyl groups excluding tert-OH is 1. The maximum Gasteiger partial charge on any atom is 0.252 e. The highest BCUT2D eigenvalue weighted by Crippen LogP contribution is 2.35. The molecule has 0 saturated heterocycles. The summed E-state index contributed by atoms with van der Waals surface area (Å²) in [5.74, 6) is 1.97. The lowest BCUT2D eigenvalue weighted by Gasteiger charge is -2.14. The van der Waals surface area contributed by atoms with E-state index >= 15 is 0 Å². The zero-order chi connectivity index (χ0) is 23.7. The number of aliphatic hydroxyl groups is 1. The van der Waals surface area contributed by atoms with Crippen molar-refractivity contribution in [2.45, 2.75) is 26.0 Å². The molecule has 1 aliphatic rings. The molecule has 5 rings (SSSR count). The average molecular weight is 464 g/mol. The van der Waals surface area contributed by atoms with E-state index in [1.807, 2.05) is 13.8 Å². The van der Waals surface area contributed by atoms with Gasteiger partial charge in [0.05, 0.1) is 23.4 Å². The fourth-order valence-electron chi connectivity index (χ4n) is 3.66. The molecule has 3 aromatic heterocycles. The van der Waals surface area contributed by atoms with Gasteiger partial charge >= 0.3 is 0 Å². The number of rotatable bonds is 8. The van der Waals surface area contributed by atoms with Gasteiger partial charge in [0.1, 0.15) is 24.2 Å². The Kier molecular flexibility index (Phi) is 5.81. The molecule has 0 aliphatic carbocycles. The predicted molar refractivity (Wildman–Crippen MR) is 122 cm³/mol. The molecule has 10 heteroatoms. The highest BCUT2D eigenvalue weighted by atomic mass is 16.7. The van der Waals surface area contributed by atoms with E-state index in [0.717, 1.165) is 0 Å². The number of pyridine rings is 1. The Balaban J connectivity index is 1.29. The van der Waals surface area contributed by atoms with Crippen molar-refractivity contribution >= 4 is 16.9 Å². The average Bonchev–Trinajstić information content (AvgIpc) is 3.60. The van der Waals surface area contributed by atoms with Crippen LogP contribution < -0.4 is 19.5 Å². The van der Waals surface area contributed by atoms with E-state index in [9.17, 15) is 9.90 Å². The molecule has 1 aromatic carbocycles. The Morgan fingerprint density at radius 3 is 2.88 bits per heavy atom. The van der Waals surface area contributed by atoms with E-state index in [1.54, 1.807) is 53.5 Å². The number of nitrogens with one attached hydrogen (secondary N) is 1. The first kappa shape index (κ1) is 21.8. The molecule has 1 aliphatic heterocycles. The van der Waals surface area contributed by atoms with Gasteiger partial charge in [-0.3, -0.25) is 4.79 Å². The summed E-state index contributed by atoms with van der Waals surface area (Å²) in [5.41, 5.74) is 1.50. The van der Waals surface area contributed by atoms with E-state index in [4.69, 9.17) is 18.6 Å². The summed E-state index contributed by atoms with van der Waals surface area (Å²) in [7, 11) is 0. The lowest BCUT2D eigenvalue weighted by atomic mass is 10.1. The topological polar surface area (TPSA) is 121 Å². The van der Waals surface area contributed by atoms with Crippen molar-refractivity contribution < 1.29 is 28.5 Å². The van der Waals surface area contributed by atoms with Crippen molar-refractivity contribution in [2.24, 2.45) is 0 Å². The number of ether oxygens (including phenoxy) is 3. The Morgan fingerprint density at radius 1 is 1.24 bits per heavy atom. The normalized spacial score (nSPS) is 13.4. The van der Waals surface area contributed by atoms with E-state index in [2.05, 4.69) is 15.4 Å². The Morgan fingerprint density at radius 2 is 2.09 bits per heavy atom. The first-order valence-corrected chi connectivity index (χ1v) is 10.9. The van der Waals surface area contributed by atoms with Crippen molar-refractivity contribution in [2.75, 3.05) is 19.9 Å². The molecule has 34 heavy (non-hydrogen) atoms. The Labute approximate surface area is 195 Å². The van der Waals surface area contributed by atoms with Crippen LogP contribution >= 0.6 is 0 Å². The van der Waals surface area contributed by atoms with Crippen LogP contribution in [-0.4, -0.2) is 51.8 Å². The summed E-state index contributed by atoms with van der Waals surface area (Å²) in [4.78, 5) is 17.7. The Bertz CT molecular complexity index is 1310. The van der Waals surface area contributed by atoms with Crippen LogP contribution in [0.3, 0.4) is 0 Å². The largest absolute Gasteiger partial charge is 0.491 e. The second kappa shape index (κ2) is 9.06. The number of furan rings is 1. The van der Waals surface area contributed by atoms with Gasteiger partial charge in [0.2, 0.25) is 6.79 Å². The third kappa shape index (κ3) is 4.27. The monoisotopic (exact) mass is 464 g/mol. The highest BCUT2D eigenvalue weighted by Gasteiger charge is 2.20. The van der Waals surface area contributed by atoms with Gasteiger partial charge in [-0.2, -0.15) is 5.10 Å². The minimum absolute atomic E-state index is 0.00159. The van der Waals surface area contributed by atoms with Crippen LogP contribution in [-0.2, 0) is 0 Å². The zero-order valence-corrected chi connectivity index (χ0v) is 18.7. The fourth-order valence-corrected chi connectivity index (χ4v) is 3.66. The summed E-state index contributed by atoms with van der Waals surface area (Å²) in [6, 6.07) is 10.4. The summed E-state index contributed by atoms with van der Waals surface area (Å²) < 4.78 is 23.5. The maximum atomic E-state index is 13.1. The van der Waals surface area contributed by atoms with E-state index in [1.165, 1.54) is 0 Å². The summed E-state index contributed by atoms with van der Waals surface area (Å²) in [6.45, 7) is 4.15. The van der Waals surface area contributed by atoms with Crippen molar-refractivity contribution in [3.05, 3.63) is 54.4 Å². The SMILES string of the molecule is CC(C)n1ncc2c(C(=O)NCC(O)COc3ccc4c(c3)OCO4)cc(-c3ccco3)nc21. The fraction of sp³-hybridized carbons (Fsp3) is 0.292. The van der Waals surface area contributed by atoms with E-state index in [0.29, 0.717) is 45.3 Å². The number of carbonyl (C=O) groups is 1. The number of hydrogen-bond acceptors (Lipinski definition) is 8. The molecule has 0 saturated carbocycles. The highest BCUT2D eigenvalue weighted by molar-refractivity contribution is 6.06. The minimum atomic E-state index is -0.922. The van der Waals surface area contributed by atoms with Crippen molar-refractivity contribution in [1.29, 1.82) is 0 Å². The van der Waals surface area contributed by atoms with Crippen LogP contribution in [0.2, 0.25) is 0 Å². The minimum Gasteiger partial charge on any atom is -0.491 e. The first-order chi connectivity index (χ1) is 16.5. The summed E-state index contributed by atoms with van der Waals surface area (Å²) >= 11 is 0. The van der Waals surface area contributed by atoms with Gasteiger partial charge in [0.25, 0.3) is 5.91 Å². The second-order valence-corrected chi connectivity index (χ2v) is 8.14. The quantitative estimate of drug-likeness (QED) is 0.408. The van der Waals surface area contributed by atoms with Gasteiger partial charge in [-0.05, 0) is 44.2 Å². The van der Waals surface area contributed by atoms with Crippen LogP contribution in [0, 0.1) is 0 Å². The number of aromatic nitrogens is 3. The van der Waals surface area contributed by atoms with E-state index < -0.39 is 6.10 Å². The van der Waals surface area contributed by atoms with Crippen LogP contribution in [0.1, 0.15) is 30.2 Å². The number of amides is 1. The number of nitrogens with zero attached hydrogens (tertiary/aromatic N) is 3. The van der Waals surface area contributed by atoms with Crippen LogP contribution in [0.15, 0.2) is 53.3 Å². The zero-order valence-electron chi connectivity index (χ0n) is 18.7. The number of carbonyl (C=O) groups excluding carboxylic acids is 1. The molecule has 10 nitrogen and oxygen atoms in total. The van der Waals surface area contributed by atoms with Gasteiger partial charge in [-0.15, -0.1) is 0 Å². The van der Waals surface area contributed by atoms with Crippen molar-refractivity contribution in [3.8, 4) is 28.7 Å². The van der Waals surface area contributed by atoms with Gasteiger partial charge in [0.15, 0.2) is 22.9 Å². The van der Waals surface area contributed by atoms with E-state index in [-0.39, 0.29) is 31.9 Å². The van der Waals surface area contributed by atoms with Crippen LogP contribution in [0.25, 0.3) is 22.5 Å². The maximum absolute atomic E-state index is 13.1. The molecular weight excluding hydrogens is 440 g/mol. The molecule has 0 radical (unpaired) electrons. The molecule has 4 aromatic rings. The van der Waals surface area contributed by atoms with Gasteiger partial charge in [0, 0.05) is 18.7 Å². The van der Waals surface area contributed by atoms with Crippen LogP contribution in [0.4, 0.5) is 0 Å².